The van der Waals surface area contributed by atoms with Gasteiger partial charge in [-0.15, -0.1) is 0 Å². The lowest BCUT2D eigenvalue weighted by molar-refractivity contribution is -0.199. The molecule has 0 spiro atoms. The Morgan fingerprint density at radius 3 is 2.42 bits per heavy atom. The molecule has 6 atom stereocenters. The Hall–Kier alpha value is -1.86. The maximum Gasteiger partial charge on any atom is 0.481 e. The third-order valence-electron chi connectivity index (χ3n) is 8.33. The molecule has 1 aliphatic heterocycles. The van der Waals surface area contributed by atoms with Crippen LogP contribution in [0.1, 0.15) is 66.4 Å². The van der Waals surface area contributed by atoms with E-state index in [2.05, 4.69) is 45.3 Å². The first-order valence-electron chi connectivity index (χ1n) is 12.5. The second-order valence-electron chi connectivity index (χ2n) is 11.5. The predicted octanol–water partition coefficient (Wildman–Crippen LogP) is 3.53. The van der Waals surface area contributed by atoms with Gasteiger partial charge in [0.25, 0.3) is 0 Å². The quantitative estimate of drug-likeness (QED) is 0.590. The first-order valence-corrected chi connectivity index (χ1v) is 12.5. The van der Waals surface area contributed by atoms with Crippen LogP contribution in [0.4, 0.5) is 0 Å². The van der Waals surface area contributed by atoms with E-state index < -0.39 is 13.2 Å². The molecule has 33 heavy (non-hydrogen) atoms. The molecule has 7 heteroatoms. The summed E-state index contributed by atoms with van der Waals surface area (Å²) in [7, 11) is -0.476. The van der Waals surface area contributed by atoms with Crippen molar-refractivity contribution in [1.82, 2.24) is 10.6 Å². The first-order chi connectivity index (χ1) is 15.5. The molecule has 3 saturated carbocycles. The van der Waals surface area contributed by atoms with Gasteiger partial charge in [0.1, 0.15) is 6.04 Å². The van der Waals surface area contributed by atoms with Gasteiger partial charge in [-0.3, -0.25) is 9.59 Å². The minimum absolute atomic E-state index is 0.0706. The van der Waals surface area contributed by atoms with Crippen LogP contribution in [0.3, 0.4) is 0 Å². The Balaban J connectivity index is 1.49. The van der Waals surface area contributed by atoms with Gasteiger partial charge in [-0.05, 0) is 54.9 Å². The molecule has 1 unspecified atom stereocenters. The van der Waals surface area contributed by atoms with Crippen molar-refractivity contribution in [3.8, 4) is 0 Å². The van der Waals surface area contributed by atoms with E-state index >= 15 is 0 Å². The van der Waals surface area contributed by atoms with Crippen LogP contribution in [-0.4, -0.2) is 42.6 Å². The third-order valence-corrected chi connectivity index (χ3v) is 8.33. The highest BCUT2D eigenvalue weighted by Gasteiger charge is 2.68. The van der Waals surface area contributed by atoms with Gasteiger partial charge in [0.15, 0.2) is 0 Å². The molecule has 3 aliphatic carbocycles. The highest BCUT2D eigenvalue weighted by Crippen LogP contribution is 2.65. The second kappa shape index (κ2) is 9.07. The monoisotopic (exact) mass is 454 g/mol. The highest BCUT2D eigenvalue weighted by molar-refractivity contribution is 6.47. The van der Waals surface area contributed by atoms with Crippen molar-refractivity contribution in [1.29, 1.82) is 0 Å². The Morgan fingerprint density at radius 1 is 1.12 bits per heavy atom. The normalized spacial score (nSPS) is 31.4. The number of hydrogen-bond acceptors (Lipinski definition) is 4. The topological polar surface area (TPSA) is 76.7 Å². The summed E-state index contributed by atoms with van der Waals surface area (Å²) in [5.41, 5.74) is 0.955. The smallest absolute Gasteiger partial charge is 0.404 e. The number of hydrogen-bond donors (Lipinski definition) is 2. The van der Waals surface area contributed by atoms with Crippen LogP contribution in [0.15, 0.2) is 30.3 Å². The molecule has 2 amide bonds. The van der Waals surface area contributed by atoms with E-state index in [-0.39, 0.29) is 34.9 Å². The van der Waals surface area contributed by atoms with Crippen LogP contribution < -0.4 is 10.6 Å². The van der Waals surface area contributed by atoms with E-state index in [1.807, 2.05) is 30.3 Å². The standard InChI is InChI=1S/C26H39BN2O4/c1-16(2)12-23(27-32-22-15-19-14-21(25(19,4)5)26(22,6)33-27)29-24(31)20(28-17(3)30)13-18-10-8-7-9-11-18/h7-11,16,19-23H,12-15H2,1-6H3,(H,28,30)(H,29,31)/t19-,20-,21-,22?,23-,26-/m0/s1. The largest absolute Gasteiger partial charge is 0.481 e. The summed E-state index contributed by atoms with van der Waals surface area (Å²) in [6, 6.07) is 9.11. The maximum atomic E-state index is 13.4. The van der Waals surface area contributed by atoms with E-state index in [0.717, 1.165) is 18.4 Å². The van der Waals surface area contributed by atoms with E-state index in [4.69, 9.17) is 9.31 Å². The van der Waals surface area contributed by atoms with Gasteiger partial charge in [0.05, 0.1) is 17.6 Å². The summed E-state index contributed by atoms with van der Waals surface area (Å²) in [5, 5.41) is 6.02. The number of amides is 2. The molecule has 1 aromatic carbocycles. The molecule has 5 rings (SSSR count). The zero-order chi connectivity index (χ0) is 24.0. The molecule has 0 aromatic heterocycles. The number of rotatable bonds is 8. The van der Waals surface area contributed by atoms with Gasteiger partial charge in [0.2, 0.25) is 11.8 Å². The Kier molecular flexibility index (Phi) is 6.67. The molecule has 180 valence electrons. The number of nitrogens with one attached hydrogen (secondary N) is 2. The van der Waals surface area contributed by atoms with Crippen molar-refractivity contribution >= 4 is 18.9 Å². The molecule has 1 aromatic rings. The van der Waals surface area contributed by atoms with Crippen molar-refractivity contribution in [2.45, 2.75) is 90.9 Å². The Bertz CT molecular complexity index is 876. The number of carbonyl (C=O) groups excluding carboxylic acids is 2. The van der Waals surface area contributed by atoms with Crippen molar-refractivity contribution < 1.29 is 18.9 Å². The van der Waals surface area contributed by atoms with Crippen molar-refractivity contribution in [3.63, 3.8) is 0 Å². The van der Waals surface area contributed by atoms with Gasteiger partial charge in [0, 0.05) is 13.3 Å². The fraction of sp³-hybridized carbons (Fsp3) is 0.692. The predicted molar refractivity (Wildman–Crippen MR) is 129 cm³/mol. The average Bonchev–Trinajstić information content (AvgIpc) is 3.10. The van der Waals surface area contributed by atoms with Gasteiger partial charge >= 0.3 is 7.12 Å². The van der Waals surface area contributed by atoms with Crippen molar-refractivity contribution in [3.05, 3.63) is 35.9 Å². The second-order valence-corrected chi connectivity index (χ2v) is 11.5. The molecule has 4 fully saturated rings. The van der Waals surface area contributed by atoms with Crippen LogP contribution in [0.5, 0.6) is 0 Å². The summed E-state index contributed by atoms with van der Waals surface area (Å²) in [5.74, 6) is 0.816. The van der Waals surface area contributed by atoms with Gasteiger partial charge in [-0.2, -0.15) is 0 Å². The number of benzene rings is 1. The van der Waals surface area contributed by atoms with Gasteiger partial charge < -0.3 is 19.9 Å². The van der Waals surface area contributed by atoms with E-state index in [9.17, 15) is 9.59 Å². The molecular weight excluding hydrogens is 415 g/mol. The highest BCUT2D eigenvalue weighted by atomic mass is 16.7. The van der Waals surface area contributed by atoms with Crippen molar-refractivity contribution in [2.75, 3.05) is 0 Å². The fourth-order valence-corrected chi connectivity index (χ4v) is 6.40. The Morgan fingerprint density at radius 2 is 1.82 bits per heavy atom. The van der Waals surface area contributed by atoms with Crippen LogP contribution in [0, 0.1) is 23.2 Å². The lowest BCUT2D eigenvalue weighted by atomic mass is 9.43. The minimum Gasteiger partial charge on any atom is -0.404 e. The molecule has 2 bridgehead atoms. The van der Waals surface area contributed by atoms with Gasteiger partial charge in [-0.1, -0.05) is 58.0 Å². The van der Waals surface area contributed by atoms with Crippen LogP contribution in [-0.2, 0) is 25.3 Å². The van der Waals surface area contributed by atoms with Gasteiger partial charge in [-0.25, -0.2) is 0 Å². The van der Waals surface area contributed by atoms with E-state index in [1.165, 1.54) is 13.3 Å². The summed E-state index contributed by atoms with van der Waals surface area (Å²) < 4.78 is 13.1. The number of carbonyl (C=O) groups is 2. The summed E-state index contributed by atoms with van der Waals surface area (Å²) in [6.07, 6.45) is 3.46. The molecule has 4 aliphatic rings. The molecule has 0 radical (unpaired) electrons. The molecule has 1 saturated heterocycles. The molecule has 1 heterocycles. The SMILES string of the molecule is CC(=O)N[C@@H](Cc1ccccc1)C(=O)N[C@@H](CC(C)C)B1OC2C[C@@H]3C[C@@H](C3(C)C)[C@]2(C)O1. The van der Waals surface area contributed by atoms with Crippen molar-refractivity contribution in [2.24, 2.45) is 23.2 Å². The van der Waals surface area contributed by atoms with Crippen LogP contribution in [0.25, 0.3) is 0 Å². The van der Waals surface area contributed by atoms with E-state index in [1.54, 1.807) is 0 Å². The Labute approximate surface area is 198 Å². The minimum atomic E-state index is -0.648. The lowest BCUT2D eigenvalue weighted by Crippen LogP contribution is -2.65. The molecule has 6 nitrogen and oxygen atoms in total. The fourth-order valence-electron chi connectivity index (χ4n) is 6.40. The summed E-state index contributed by atoms with van der Waals surface area (Å²) in [4.78, 5) is 25.2. The third kappa shape index (κ3) is 4.72. The van der Waals surface area contributed by atoms with Crippen LogP contribution in [0.2, 0.25) is 0 Å². The zero-order valence-corrected chi connectivity index (χ0v) is 20.9. The zero-order valence-electron chi connectivity index (χ0n) is 20.9. The molecule has 2 N–H and O–H groups in total. The summed E-state index contributed by atoms with van der Waals surface area (Å²) >= 11 is 0. The average molecular weight is 454 g/mol. The van der Waals surface area contributed by atoms with Crippen LogP contribution >= 0.6 is 0 Å². The first kappa shape index (κ1) is 24.3. The summed E-state index contributed by atoms with van der Waals surface area (Å²) in [6.45, 7) is 12.6. The van der Waals surface area contributed by atoms with E-state index in [0.29, 0.717) is 24.2 Å². The molecular formula is C26H39BN2O4. The lowest BCUT2D eigenvalue weighted by Gasteiger charge is -2.64. The maximum absolute atomic E-state index is 13.4.